The first-order chi connectivity index (χ1) is 8.30. The van der Waals surface area contributed by atoms with Crippen molar-refractivity contribution in [1.82, 2.24) is 4.74 Å². The lowest BCUT2D eigenvalue weighted by molar-refractivity contribution is -0.137. The molecular formula is C12H10F3NO2. The summed E-state index contributed by atoms with van der Waals surface area (Å²) in [5, 5.41) is 0. The van der Waals surface area contributed by atoms with Crippen molar-refractivity contribution in [2.45, 2.75) is 13.1 Å². The van der Waals surface area contributed by atoms with Gasteiger partial charge < -0.3 is 4.52 Å². The maximum atomic E-state index is 13.0. The lowest BCUT2D eigenvalue weighted by Gasteiger charge is -2.13. The summed E-state index contributed by atoms with van der Waals surface area (Å²) >= 11 is 0. The van der Waals surface area contributed by atoms with Crippen LogP contribution in [-0.2, 0) is 13.2 Å². The van der Waals surface area contributed by atoms with E-state index in [0.29, 0.717) is 0 Å². The van der Waals surface area contributed by atoms with E-state index in [1.54, 1.807) is 0 Å². The molecule has 0 N–H and O–H groups in total. The fourth-order valence-electron chi connectivity index (χ4n) is 1.89. The molecule has 0 aliphatic heterocycles. The Bertz CT molecular complexity index is 638. The van der Waals surface area contributed by atoms with Crippen molar-refractivity contribution in [3.8, 4) is 11.1 Å². The number of aromatic nitrogens is 1. The molecule has 0 atom stereocenters. The van der Waals surface area contributed by atoms with Crippen LogP contribution in [0.25, 0.3) is 11.1 Å². The third-order valence-corrected chi connectivity index (χ3v) is 2.60. The molecule has 0 unspecified atom stereocenters. The fourth-order valence-corrected chi connectivity index (χ4v) is 1.89. The van der Waals surface area contributed by atoms with Crippen molar-refractivity contribution in [2.24, 2.45) is 7.05 Å². The summed E-state index contributed by atoms with van der Waals surface area (Å²) in [6.45, 7) is 1.36. The van der Waals surface area contributed by atoms with Crippen LogP contribution in [0.1, 0.15) is 11.1 Å². The highest BCUT2D eigenvalue weighted by Gasteiger charge is 2.36. The highest BCUT2D eigenvalue weighted by molar-refractivity contribution is 5.67. The lowest BCUT2D eigenvalue weighted by Crippen LogP contribution is -2.11. The number of benzene rings is 1. The molecule has 0 aliphatic rings. The molecule has 0 spiro atoms. The molecule has 2 aromatic rings. The minimum Gasteiger partial charge on any atom is -0.336 e. The van der Waals surface area contributed by atoms with E-state index in [0.717, 1.165) is 4.74 Å². The summed E-state index contributed by atoms with van der Waals surface area (Å²) in [4.78, 5) is 11.5. The Labute approximate surface area is 100 Å². The molecule has 1 aromatic heterocycles. The average Bonchev–Trinajstić information content (AvgIpc) is 2.55. The van der Waals surface area contributed by atoms with E-state index in [9.17, 15) is 18.0 Å². The van der Waals surface area contributed by atoms with Gasteiger partial charge in [-0.3, -0.25) is 0 Å². The van der Waals surface area contributed by atoms with Gasteiger partial charge in [0.1, 0.15) is 0 Å². The van der Waals surface area contributed by atoms with Crippen molar-refractivity contribution >= 4 is 0 Å². The molecule has 0 radical (unpaired) electrons. The maximum Gasteiger partial charge on any atom is 0.417 e. The van der Waals surface area contributed by atoms with Crippen LogP contribution in [0.15, 0.2) is 33.7 Å². The molecule has 96 valence electrons. The largest absolute Gasteiger partial charge is 0.417 e. The van der Waals surface area contributed by atoms with Crippen LogP contribution >= 0.6 is 0 Å². The zero-order valence-corrected chi connectivity index (χ0v) is 9.71. The van der Waals surface area contributed by atoms with Crippen LogP contribution < -0.4 is 5.63 Å². The molecule has 3 nitrogen and oxygen atoms in total. The third kappa shape index (κ3) is 2.05. The summed E-state index contributed by atoms with van der Waals surface area (Å²) in [7, 11) is 1.44. The predicted molar refractivity (Wildman–Crippen MR) is 59.1 cm³/mol. The van der Waals surface area contributed by atoms with Gasteiger partial charge in [0.2, 0.25) is 0 Å². The van der Waals surface area contributed by atoms with Gasteiger partial charge in [-0.15, -0.1) is 0 Å². The summed E-state index contributed by atoms with van der Waals surface area (Å²) in [6, 6.07) is 4.10. The van der Waals surface area contributed by atoms with Gasteiger partial charge in [-0.1, -0.05) is 18.2 Å². The molecule has 0 amide bonds. The first kappa shape index (κ1) is 12.5. The molecule has 6 heteroatoms. The Balaban J connectivity index is 2.77. The topological polar surface area (TPSA) is 35.1 Å². The van der Waals surface area contributed by atoms with Gasteiger partial charge in [-0.05, 0) is 12.5 Å². The number of halogens is 3. The van der Waals surface area contributed by atoms with Crippen LogP contribution in [0.5, 0.6) is 0 Å². The zero-order valence-electron chi connectivity index (χ0n) is 9.71. The Morgan fingerprint density at radius 2 is 1.89 bits per heavy atom. The normalized spacial score (nSPS) is 11.8. The molecular weight excluding hydrogens is 247 g/mol. The summed E-state index contributed by atoms with van der Waals surface area (Å²) in [5.41, 5.74) is -1.76. The van der Waals surface area contributed by atoms with Gasteiger partial charge in [0.05, 0.1) is 17.3 Å². The van der Waals surface area contributed by atoms with Crippen LogP contribution in [-0.4, -0.2) is 4.74 Å². The molecule has 0 bridgehead atoms. The molecule has 2 rings (SSSR count). The number of hydrogen-bond donors (Lipinski definition) is 0. The van der Waals surface area contributed by atoms with E-state index in [-0.39, 0.29) is 16.7 Å². The molecule has 18 heavy (non-hydrogen) atoms. The van der Waals surface area contributed by atoms with Crippen molar-refractivity contribution < 1.29 is 17.7 Å². The monoisotopic (exact) mass is 257 g/mol. The van der Waals surface area contributed by atoms with Crippen molar-refractivity contribution in [3.63, 3.8) is 0 Å². The SMILES string of the molecule is Cc1cccc(-c2cn(C)oc2=O)c1C(F)(F)F. The van der Waals surface area contributed by atoms with Gasteiger partial charge >= 0.3 is 11.8 Å². The van der Waals surface area contributed by atoms with E-state index in [4.69, 9.17) is 0 Å². The van der Waals surface area contributed by atoms with Crippen molar-refractivity contribution in [1.29, 1.82) is 0 Å². The third-order valence-electron chi connectivity index (χ3n) is 2.60. The summed E-state index contributed by atoms with van der Waals surface area (Å²) in [6.07, 6.45) is -3.27. The van der Waals surface area contributed by atoms with Gasteiger partial charge in [0, 0.05) is 12.6 Å². The van der Waals surface area contributed by atoms with Gasteiger partial charge in [0.15, 0.2) is 0 Å². The van der Waals surface area contributed by atoms with Gasteiger partial charge in [-0.2, -0.15) is 13.2 Å². The molecule has 0 saturated heterocycles. The van der Waals surface area contributed by atoms with Crippen LogP contribution in [0.3, 0.4) is 0 Å². The standard InChI is InChI=1S/C12H10F3NO2/c1-7-4-3-5-8(10(7)12(13,14)15)9-6-16(2)18-11(9)17/h3-6H,1-2H3. The quantitative estimate of drug-likeness (QED) is 0.787. The van der Waals surface area contributed by atoms with Gasteiger partial charge in [-0.25, -0.2) is 9.53 Å². The minimum atomic E-state index is -4.51. The first-order valence-electron chi connectivity index (χ1n) is 5.15. The summed E-state index contributed by atoms with van der Waals surface area (Å²) < 4.78 is 44.7. The van der Waals surface area contributed by atoms with E-state index in [1.807, 2.05) is 0 Å². The second-order valence-corrected chi connectivity index (χ2v) is 3.96. The Morgan fingerprint density at radius 3 is 2.39 bits per heavy atom. The second-order valence-electron chi connectivity index (χ2n) is 3.96. The molecule has 1 aromatic carbocycles. The number of rotatable bonds is 1. The lowest BCUT2D eigenvalue weighted by atomic mass is 9.97. The average molecular weight is 257 g/mol. The maximum absolute atomic E-state index is 13.0. The van der Waals surface area contributed by atoms with Crippen molar-refractivity contribution in [2.75, 3.05) is 0 Å². The smallest absolute Gasteiger partial charge is 0.336 e. The van der Waals surface area contributed by atoms with Crippen LogP contribution in [0.2, 0.25) is 0 Å². The Morgan fingerprint density at radius 1 is 1.22 bits per heavy atom. The molecule has 0 aliphatic carbocycles. The number of alkyl halides is 3. The molecule has 1 heterocycles. The zero-order chi connectivity index (χ0) is 13.5. The van der Waals surface area contributed by atoms with E-state index < -0.39 is 17.4 Å². The number of hydrogen-bond acceptors (Lipinski definition) is 2. The summed E-state index contributed by atoms with van der Waals surface area (Å²) in [5.74, 6) is 0. The molecule has 0 fully saturated rings. The van der Waals surface area contributed by atoms with Crippen molar-refractivity contribution in [3.05, 3.63) is 45.9 Å². The number of aryl methyl sites for hydroxylation is 2. The first-order valence-corrected chi connectivity index (χ1v) is 5.15. The van der Waals surface area contributed by atoms with E-state index >= 15 is 0 Å². The van der Waals surface area contributed by atoms with E-state index in [1.165, 1.54) is 38.4 Å². The van der Waals surface area contributed by atoms with Crippen LogP contribution in [0, 0.1) is 6.92 Å². The van der Waals surface area contributed by atoms with Crippen LogP contribution in [0.4, 0.5) is 13.2 Å². The number of nitrogens with zero attached hydrogens (tertiary/aromatic N) is 1. The Hall–Kier alpha value is -1.98. The Kier molecular flexibility index (Phi) is 2.80. The minimum absolute atomic E-state index is 0.0725. The second kappa shape index (κ2) is 4.04. The van der Waals surface area contributed by atoms with E-state index in [2.05, 4.69) is 4.52 Å². The predicted octanol–water partition coefficient (Wildman–Crippen LogP) is 2.97. The van der Waals surface area contributed by atoms with Gasteiger partial charge in [0.25, 0.3) is 0 Å². The molecule has 0 saturated carbocycles. The highest BCUT2D eigenvalue weighted by atomic mass is 19.4. The fraction of sp³-hybridized carbons (Fsp3) is 0.250. The highest BCUT2D eigenvalue weighted by Crippen LogP contribution is 2.38.